The average molecular weight is 384 g/mol. The third kappa shape index (κ3) is 3.01. The van der Waals surface area contributed by atoms with E-state index in [1.807, 2.05) is 0 Å². The Kier molecular flexibility index (Phi) is 4.32. The van der Waals surface area contributed by atoms with E-state index in [9.17, 15) is 24.1 Å². The molecule has 1 heterocycles. The van der Waals surface area contributed by atoms with Gasteiger partial charge >= 0.3 is 6.03 Å². The fourth-order valence-corrected chi connectivity index (χ4v) is 3.01. The van der Waals surface area contributed by atoms with E-state index in [-0.39, 0.29) is 27.0 Å². The average Bonchev–Trinajstić information content (AvgIpc) is 2.85. The topological polar surface area (TPSA) is 92.6 Å². The van der Waals surface area contributed by atoms with Gasteiger partial charge in [0.25, 0.3) is 11.6 Å². The molecule has 25 heavy (non-hydrogen) atoms. The van der Waals surface area contributed by atoms with Crippen molar-refractivity contribution in [2.45, 2.75) is 6.04 Å². The van der Waals surface area contributed by atoms with Crippen LogP contribution in [0.4, 0.5) is 20.6 Å². The molecule has 7 nitrogen and oxygen atoms in total. The molecule has 1 N–H and O–H groups in total. The molecule has 10 heteroatoms. The first-order chi connectivity index (χ1) is 11.8. The van der Waals surface area contributed by atoms with Gasteiger partial charge in [0.1, 0.15) is 11.9 Å². The van der Waals surface area contributed by atoms with E-state index in [2.05, 4.69) is 5.32 Å². The SMILES string of the molecule is O=C1NC(=O)N(c2cccc([N+](=O)[O-])c2)C1c1cc(F)c(Cl)cc1Cl. The van der Waals surface area contributed by atoms with Crippen LogP contribution in [0.15, 0.2) is 36.4 Å². The Morgan fingerprint density at radius 3 is 2.56 bits per heavy atom. The highest BCUT2D eigenvalue weighted by molar-refractivity contribution is 6.35. The van der Waals surface area contributed by atoms with Gasteiger partial charge in [0.2, 0.25) is 0 Å². The van der Waals surface area contributed by atoms with Gasteiger partial charge in [-0.15, -0.1) is 0 Å². The number of non-ortho nitro benzene ring substituents is 1. The summed E-state index contributed by atoms with van der Waals surface area (Å²) in [6, 6.07) is 5.14. The second-order valence-corrected chi connectivity index (χ2v) is 5.95. The number of nitro groups is 1. The van der Waals surface area contributed by atoms with Gasteiger partial charge in [-0.1, -0.05) is 29.3 Å². The van der Waals surface area contributed by atoms with Crippen molar-refractivity contribution in [1.82, 2.24) is 5.32 Å². The predicted octanol–water partition coefficient (Wildman–Crippen LogP) is 3.84. The summed E-state index contributed by atoms with van der Waals surface area (Å²) in [5, 5.41) is 12.8. The highest BCUT2D eigenvalue weighted by atomic mass is 35.5. The molecule has 2 aromatic carbocycles. The number of carbonyl (C=O) groups is 2. The summed E-state index contributed by atoms with van der Waals surface area (Å²) in [6.45, 7) is 0. The largest absolute Gasteiger partial charge is 0.329 e. The number of halogens is 3. The number of benzene rings is 2. The Hall–Kier alpha value is -2.71. The first kappa shape index (κ1) is 17.1. The van der Waals surface area contributed by atoms with E-state index in [0.717, 1.165) is 23.1 Å². The van der Waals surface area contributed by atoms with Crippen LogP contribution in [-0.4, -0.2) is 16.9 Å². The molecule has 1 atom stereocenters. The molecule has 0 bridgehead atoms. The lowest BCUT2D eigenvalue weighted by Gasteiger charge is -2.23. The lowest BCUT2D eigenvalue weighted by molar-refractivity contribution is -0.384. The summed E-state index contributed by atoms with van der Waals surface area (Å²) in [7, 11) is 0. The lowest BCUT2D eigenvalue weighted by Crippen LogP contribution is -2.29. The number of rotatable bonds is 3. The smallest absolute Gasteiger partial charge is 0.277 e. The molecule has 0 radical (unpaired) electrons. The van der Waals surface area contributed by atoms with Crippen LogP contribution in [0.1, 0.15) is 11.6 Å². The highest BCUT2D eigenvalue weighted by Crippen LogP contribution is 2.37. The molecule has 128 valence electrons. The number of hydrogen-bond acceptors (Lipinski definition) is 4. The first-order valence-electron chi connectivity index (χ1n) is 6.82. The second-order valence-electron chi connectivity index (χ2n) is 5.13. The normalized spacial score (nSPS) is 16.9. The maximum Gasteiger partial charge on any atom is 0.329 e. The van der Waals surface area contributed by atoms with Crippen molar-refractivity contribution >= 4 is 46.5 Å². The predicted molar refractivity (Wildman–Crippen MR) is 88.3 cm³/mol. The van der Waals surface area contributed by atoms with Crippen molar-refractivity contribution in [3.8, 4) is 0 Å². The van der Waals surface area contributed by atoms with Crippen LogP contribution >= 0.6 is 23.2 Å². The summed E-state index contributed by atoms with van der Waals surface area (Å²) >= 11 is 11.7. The number of anilines is 1. The van der Waals surface area contributed by atoms with Crippen LogP contribution in [0.25, 0.3) is 0 Å². The molecular formula is C15H8Cl2FN3O4. The van der Waals surface area contributed by atoms with Crippen LogP contribution in [-0.2, 0) is 4.79 Å². The van der Waals surface area contributed by atoms with Crippen molar-refractivity contribution in [1.29, 1.82) is 0 Å². The molecule has 0 spiro atoms. The summed E-state index contributed by atoms with van der Waals surface area (Å²) in [6.07, 6.45) is 0. The molecule has 3 amide bonds. The van der Waals surface area contributed by atoms with Gasteiger partial charge in [0.15, 0.2) is 0 Å². The number of nitro benzene ring substituents is 1. The molecule has 1 saturated heterocycles. The van der Waals surface area contributed by atoms with E-state index in [1.165, 1.54) is 18.2 Å². The lowest BCUT2D eigenvalue weighted by atomic mass is 10.0. The number of carbonyl (C=O) groups excluding carboxylic acids is 2. The van der Waals surface area contributed by atoms with Gasteiger partial charge in [0, 0.05) is 22.7 Å². The number of amides is 3. The zero-order valence-corrected chi connectivity index (χ0v) is 13.7. The Morgan fingerprint density at radius 2 is 1.88 bits per heavy atom. The van der Waals surface area contributed by atoms with E-state index in [1.54, 1.807) is 0 Å². The van der Waals surface area contributed by atoms with E-state index in [4.69, 9.17) is 23.2 Å². The highest BCUT2D eigenvalue weighted by Gasteiger charge is 2.42. The summed E-state index contributed by atoms with van der Waals surface area (Å²) in [5.41, 5.74) is -0.163. The Morgan fingerprint density at radius 1 is 1.16 bits per heavy atom. The minimum Gasteiger partial charge on any atom is -0.277 e. The molecule has 1 unspecified atom stereocenters. The number of nitrogens with one attached hydrogen (secondary N) is 1. The molecule has 3 rings (SSSR count). The maximum atomic E-state index is 13.8. The van der Waals surface area contributed by atoms with E-state index < -0.39 is 28.7 Å². The Bertz CT molecular complexity index is 922. The molecular weight excluding hydrogens is 376 g/mol. The van der Waals surface area contributed by atoms with Crippen molar-refractivity contribution < 1.29 is 18.9 Å². The number of nitrogens with zero attached hydrogens (tertiary/aromatic N) is 2. The van der Waals surface area contributed by atoms with Crippen LogP contribution in [0, 0.1) is 15.9 Å². The Balaban J connectivity index is 2.13. The zero-order chi connectivity index (χ0) is 18.3. The summed E-state index contributed by atoms with van der Waals surface area (Å²) in [5.74, 6) is -1.55. The molecule has 0 saturated carbocycles. The van der Waals surface area contributed by atoms with Crippen molar-refractivity contribution in [3.05, 3.63) is 67.9 Å². The van der Waals surface area contributed by atoms with Crippen LogP contribution in [0.5, 0.6) is 0 Å². The van der Waals surface area contributed by atoms with Crippen molar-refractivity contribution in [3.63, 3.8) is 0 Å². The quantitative estimate of drug-likeness (QED) is 0.377. The van der Waals surface area contributed by atoms with E-state index >= 15 is 0 Å². The Labute approximate surface area is 150 Å². The van der Waals surface area contributed by atoms with Gasteiger partial charge in [-0.2, -0.15) is 0 Å². The monoisotopic (exact) mass is 383 g/mol. The fourth-order valence-electron chi connectivity index (χ4n) is 2.52. The molecule has 1 aliphatic rings. The van der Waals surface area contributed by atoms with E-state index in [0.29, 0.717) is 0 Å². The summed E-state index contributed by atoms with van der Waals surface area (Å²) < 4.78 is 13.8. The van der Waals surface area contributed by atoms with Gasteiger partial charge < -0.3 is 0 Å². The molecule has 0 aromatic heterocycles. The van der Waals surface area contributed by atoms with Crippen LogP contribution in [0.2, 0.25) is 10.0 Å². The molecule has 2 aromatic rings. The van der Waals surface area contributed by atoms with Gasteiger partial charge in [-0.05, 0) is 18.2 Å². The number of hydrogen-bond donors (Lipinski definition) is 1. The molecule has 1 aliphatic heterocycles. The van der Waals surface area contributed by atoms with Crippen molar-refractivity contribution in [2.24, 2.45) is 0 Å². The number of urea groups is 1. The first-order valence-corrected chi connectivity index (χ1v) is 7.58. The standard InChI is InChI=1S/C15H8Cl2FN3O4/c16-10-6-11(17)12(18)5-9(10)13-14(22)19-15(23)20(13)7-2-1-3-8(4-7)21(24)25/h1-6,13H,(H,19,22,23). The summed E-state index contributed by atoms with van der Waals surface area (Å²) in [4.78, 5) is 35.7. The fraction of sp³-hybridized carbons (Fsp3) is 0.0667. The van der Waals surface area contributed by atoms with Gasteiger partial charge in [-0.25, -0.2) is 9.18 Å². The van der Waals surface area contributed by atoms with Gasteiger partial charge in [0.05, 0.1) is 15.6 Å². The zero-order valence-electron chi connectivity index (χ0n) is 12.2. The second kappa shape index (κ2) is 6.30. The van der Waals surface area contributed by atoms with Crippen molar-refractivity contribution in [2.75, 3.05) is 4.90 Å². The van der Waals surface area contributed by atoms with Gasteiger partial charge in [-0.3, -0.25) is 25.1 Å². The number of imide groups is 1. The minimum atomic E-state index is -1.28. The van der Waals surface area contributed by atoms with Crippen LogP contribution < -0.4 is 10.2 Å². The third-order valence-electron chi connectivity index (χ3n) is 3.61. The van der Waals surface area contributed by atoms with Crippen LogP contribution in [0.3, 0.4) is 0 Å². The third-order valence-corrected chi connectivity index (χ3v) is 4.23. The maximum absolute atomic E-state index is 13.8. The minimum absolute atomic E-state index is 0.0124. The molecule has 1 fully saturated rings. The molecule has 0 aliphatic carbocycles.